The Labute approximate surface area is 117 Å². The van der Waals surface area contributed by atoms with E-state index in [1.165, 1.54) is 12.1 Å². The van der Waals surface area contributed by atoms with E-state index in [0.29, 0.717) is 12.8 Å². The molecule has 0 heterocycles. The SMILES string of the molecule is CCC(CC)(CO)CNC(=O)Nc1cccc(F)c1F. The third-order valence-electron chi connectivity index (χ3n) is 3.66. The first-order chi connectivity index (χ1) is 9.48. The van der Waals surface area contributed by atoms with Crippen LogP contribution in [0.2, 0.25) is 0 Å². The molecule has 0 fully saturated rings. The highest BCUT2D eigenvalue weighted by Crippen LogP contribution is 2.24. The van der Waals surface area contributed by atoms with Crippen LogP contribution in [0.5, 0.6) is 0 Å². The van der Waals surface area contributed by atoms with Gasteiger partial charge < -0.3 is 15.7 Å². The zero-order valence-electron chi connectivity index (χ0n) is 11.7. The van der Waals surface area contributed by atoms with E-state index in [-0.39, 0.29) is 18.8 Å². The van der Waals surface area contributed by atoms with Gasteiger partial charge in [0.15, 0.2) is 11.6 Å². The monoisotopic (exact) mass is 286 g/mol. The van der Waals surface area contributed by atoms with Crippen molar-refractivity contribution in [3.8, 4) is 0 Å². The number of hydrogen-bond acceptors (Lipinski definition) is 2. The Balaban J connectivity index is 2.62. The number of aliphatic hydroxyl groups is 1. The lowest BCUT2D eigenvalue weighted by Crippen LogP contribution is -2.41. The molecule has 0 spiro atoms. The van der Waals surface area contributed by atoms with Gasteiger partial charge in [0.1, 0.15) is 0 Å². The van der Waals surface area contributed by atoms with Crippen LogP contribution >= 0.6 is 0 Å². The van der Waals surface area contributed by atoms with E-state index < -0.39 is 23.1 Å². The van der Waals surface area contributed by atoms with Crippen LogP contribution in [0.15, 0.2) is 18.2 Å². The molecule has 0 bridgehead atoms. The Morgan fingerprint density at radius 2 is 1.95 bits per heavy atom. The van der Waals surface area contributed by atoms with Crippen LogP contribution in [-0.4, -0.2) is 24.3 Å². The number of aliphatic hydroxyl groups excluding tert-OH is 1. The molecule has 0 aliphatic heterocycles. The van der Waals surface area contributed by atoms with E-state index in [0.717, 1.165) is 6.07 Å². The van der Waals surface area contributed by atoms with Crippen LogP contribution in [0.3, 0.4) is 0 Å². The van der Waals surface area contributed by atoms with Crippen molar-refractivity contribution in [2.75, 3.05) is 18.5 Å². The summed E-state index contributed by atoms with van der Waals surface area (Å²) in [5.41, 5.74) is -0.609. The van der Waals surface area contributed by atoms with Crippen molar-refractivity contribution in [2.24, 2.45) is 5.41 Å². The lowest BCUT2D eigenvalue weighted by molar-refractivity contribution is 0.116. The standard InChI is InChI=1S/C14H20F2N2O2/c1-3-14(4-2,9-19)8-17-13(20)18-11-7-5-6-10(15)12(11)16/h5-7,19H,3-4,8-9H2,1-2H3,(H2,17,18,20). The number of carbonyl (C=O) groups is 1. The second-order valence-corrected chi connectivity index (χ2v) is 4.77. The van der Waals surface area contributed by atoms with Gasteiger partial charge in [-0.05, 0) is 25.0 Å². The average molecular weight is 286 g/mol. The average Bonchev–Trinajstić information content (AvgIpc) is 2.46. The highest BCUT2D eigenvalue weighted by atomic mass is 19.2. The van der Waals surface area contributed by atoms with Crippen molar-refractivity contribution in [2.45, 2.75) is 26.7 Å². The Hall–Kier alpha value is -1.69. The van der Waals surface area contributed by atoms with Crippen molar-refractivity contribution >= 4 is 11.7 Å². The van der Waals surface area contributed by atoms with Gasteiger partial charge in [0, 0.05) is 12.0 Å². The number of carbonyl (C=O) groups excluding carboxylic acids is 1. The van der Waals surface area contributed by atoms with E-state index in [1.54, 1.807) is 0 Å². The van der Waals surface area contributed by atoms with Gasteiger partial charge in [0.05, 0.1) is 12.3 Å². The Bertz CT molecular complexity index is 454. The molecule has 6 heteroatoms. The molecular formula is C14H20F2N2O2. The van der Waals surface area contributed by atoms with Crippen LogP contribution < -0.4 is 10.6 Å². The topological polar surface area (TPSA) is 61.4 Å². The van der Waals surface area contributed by atoms with E-state index in [9.17, 15) is 18.7 Å². The molecule has 1 aromatic carbocycles. The fourth-order valence-corrected chi connectivity index (χ4v) is 1.81. The molecule has 0 atom stereocenters. The van der Waals surface area contributed by atoms with Crippen molar-refractivity contribution in [3.63, 3.8) is 0 Å². The number of nitrogens with one attached hydrogen (secondary N) is 2. The molecule has 0 saturated heterocycles. The highest BCUT2D eigenvalue weighted by molar-refractivity contribution is 5.89. The highest BCUT2D eigenvalue weighted by Gasteiger charge is 2.25. The number of rotatable bonds is 6. The number of benzene rings is 1. The van der Waals surface area contributed by atoms with E-state index >= 15 is 0 Å². The lowest BCUT2D eigenvalue weighted by atomic mass is 9.83. The maximum Gasteiger partial charge on any atom is 0.319 e. The fraction of sp³-hybridized carbons (Fsp3) is 0.500. The maximum atomic E-state index is 13.4. The number of halogens is 2. The van der Waals surface area contributed by atoms with Crippen LogP contribution in [0, 0.1) is 17.0 Å². The molecule has 112 valence electrons. The van der Waals surface area contributed by atoms with Gasteiger partial charge in [-0.1, -0.05) is 19.9 Å². The van der Waals surface area contributed by atoms with E-state index in [4.69, 9.17) is 0 Å². The predicted molar refractivity (Wildman–Crippen MR) is 73.5 cm³/mol. The Kier molecular flexibility index (Phi) is 5.88. The molecule has 0 aliphatic rings. The zero-order valence-corrected chi connectivity index (χ0v) is 11.7. The minimum atomic E-state index is -1.10. The molecule has 0 aromatic heterocycles. The summed E-state index contributed by atoms with van der Waals surface area (Å²) in [6, 6.07) is 2.93. The van der Waals surface area contributed by atoms with Crippen molar-refractivity contribution in [3.05, 3.63) is 29.8 Å². The lowest BCUT2D eigenvalue weighted by Gasteiger charge is -2.29. The molecule has 0 radical (unpaired) electrons. The first kappa shape index (κ1) is 16.4. The minimum Gasteiger partial charge on any atom is -0.396 e. The Morgan fingerprint density at radius 3 is 2.50 bits per heavy atom. The first-order valence-corrected chi connectivity index (χ1v) is 6.57. The van der Waals surface area contributed by atoms with Crippen LogP contribution in [0.25, 0.3) is 0 Å². The van der Waals surface area contributed by atoms with Gasteiger partial charge in [0.25, 0.3) is 0 Å². The summed E-state index contributed by atoms with van der Waals surface area (Å²) in [5, 5.41) is 14.2. The summed E-state index contributed by atoms with van der Waals surface area (Å²) in [6.07, 6.45) is 1.41. The summed E-state index contributed by atoms with van der Waals surface area (Å²) in [7, 11) is 0. The van der Waals surface area contributed by atoms with Crippen LogP contribution in [0.1, 0.15) is 26.7 Å². The van der Waals surface area contributed by atoms with E-state index in [2.05, 4.69) is 10.6 Å². The summed E-state index contributed by atoms with van der Waals surface area (Å²) in [4.78, 5) is 11.7. The Morgan fingerprint density at radius 1 is 1.30 bits per heavy atom. The molecule has 2 amide bonds. The zero-order chi connectivity index (χ0) is 15.2. The van der Waals surface area contributed by atoms with Gasteiger partial charge >= 0.3 is 6.03 Å². The molecule has 4 nitrogen and oxygen atoms in total. The van der Waals surface area contributed by atoms with Crippen molar-refractivity contribution in [1.29, 1.82) is 0 Å². The van der Waals surface area contributed by atoms with Crippen molar-refractivity contribution in [1.82, 2.24) is 5.32 Å². The molecule has 0 saturated carbocycles. The van der Waals surface area contributed by atoms with Gasteiger partial charge in [-0.2, -0.15) is 0 Å². The van der Waals surface area contributed by atoms with E-state index in [1.807, 2.05) is 13.8 Å². The molecular weight excluding hydrogens is 266 g/mol. The van der Waals surface area contributed by atoms with Crippen LogP contribution in [0.4, 0.5) is 19.3 Å². The molecule has 0 unspecified atom stereocenters. The summed E-state index contributed by atoms with van der Waals surface area (Å²) < 4.78 is 26.4. The summed E-state index contributed by atoms with van der Waals surface area (Å²) in [5.74, 6) is -2.11. The normalized spacial score (nSPS) is 11.2. The number of urea groups is 1. The van der Waals surface area contributed by atoms with Gasteiger partial charge in [0.2, 0.25) is 0 Å². The third-order valence-corrected chi connectivity index (χ3v) is 3.66. The quantitative estimate of drug-likeness (QED) is 0.753. The minimum absolute atomic E-state index is 0.0470. The molecule has 20 heavy (non-hydrogen) atoms. The van der Waals surface area contributed by atoms with Crippen molar-refractivity contribution < 1.29 is 18.7 Å². The predicted octanol–water partition coefficient (Wildman–Crippen LogP) is 2.89. The van der Waals surface area contributed by atoms with Gasteiger partial charge in [-0.25, -0.2) is 13.6 Å². The smallest absolute Gasteiger partial charge is 0.319 e. The maximum absolute atomic E-state index is 13.4. The summed E-state index contributed by atoms with van der Waals surface area (Å²) in [6.45, 7) is 4.06. The molecule has 1 aromatic rings. The third kappa shape index (κ3) is 3.90. The molecule has 1 rings (SSSR count). The number of hydrogen-bond donors (Lipinski definition) is 3. The van der Waals surface area contributed by atoms with Gasteiger partial charge in [-0.3, -0.25) is 0 Å². The number of anilines is 1. The number of amides is 2. The second kappa shape index (κ2) is 7.19. The largest absolute Gasteiger partial charge is 0.396 e. The molecule has 0 aliphatic carbocycles. The second-order valence-electron chi connectivity index (χ2n) is 4.77. The first-order valence-electron chi connectivity index (χ1n) is 6.57. The molecule has 3 N–H and O–H groups in total. The van der Waals surface area contributed by atoms with Crippen LogP contribution in [-0.2, 0) is 0 Å². The van der Waals surface area contributed by atoms with Gasteiger partial charge in [-0.15, -0.1) is 0 Å². The summed E-state index contributed by atoms with van der Waals surface area (Å²) >= 11 is 0. The fourth-order valence-electron chi connectivity index (χ4n) is 1.81.